The van der Waals surface area contributed by atoms with Gasteiger partial charge in [-0.05, 0) is 6.92 Å². The van der Waals surface area contributed by atoms with Gasteiger partial charge in [0, 0.05) is 6.92 Å². The van der Waals surface area contributed by atoms with Crippen LogP contribution in [0.2, 0.25) is 0 Å². The van der Waals surface area contributed by atoms with Crippen molar-refractivity contribution in [2.45, 2.75) is 26.4 Å². The third-order valence-electron chi connectivity index (χ3n) is 1.19. The first-order chi connectivity index (χ1) is 6.06. The maximum Gasteiger partial charge on any atom is 0.308 e. The summed E-state index contributed by atoms with van der Waals surface area (Å²) in [7, 11) is 0. The number of hydrogen-bond acceptors (Lipinski definition) is 5. The summed E-state index contributed by atoms with van der Waals surface area (Å²) in [5.74, 6) is -0.981. The van der Waals surface area contributed by atoms with Gasteiger partial charge in [0.2, 0.25) is 0 Å². The van der Waals surface area contributed by atoms with Crippen LogP contribution in [0.4, 0.5) is 0 Å². The second kappa shape index (κ2) is 6.42. The maximum atomic E-state index is 10.8. The molecule has 0 fully saturated rings. The number of carbonyl (C=O) groups excluding carboxylic acids is 2. The molecule has 13 heavy (non-hydrogen) atoms. The van der Waals surface area contributed by atoms with E-state index in [0.29, 0.717) is 0 Å². The van der Waals surface area contributed by atoms with Gasteiger partial charge in [-0.1, -0.05) is 0 Å². The van der Waals surface area contributed by atoms with Crippen LogP contribution in [0.15, 0.2) is 0 Å². The van der Waals surface area contributed by atoms with Crippen molar-refractivity contribution in [2.75, 3.05) is 13.2 Å². The number of rotatable bonds is 5. The zero-order valence-corrected chi connectivity index (χ0v) is 7.78. The first-order valence-electron chi connectivity index (χ1n) is 4.03. The molecule has 0 aliphatic heterocycles. The quantitative estimate of drug-likeness (QED) is 0.611. The topological polar surface area (TPSA) is 72.8 Å². The van der Waals surface area contributed by atoms with Crippen molar-refractivity contribution < 1.29 is 24.2 Å². The van der Waals surface area contributed by atoms with Crippen LogP contribution >= 0.6 is 0 Å². The molecule has 76 valence electrons. The largest absolute Gasteiger partial charge is 0.466 e. The van der Waals surface area contributed by atoms with Gasteiger partial charge in [0.05, 0.1) is 19.1 Å². The van der Waals surface area contributed by atoms with E-state index in [2.05, 4.69) is 9.47 Å². The molecule has 1 atom stereocenters. The van der Waals surface area contributed by atoms with Crippen molar-refractivity contribution >= 4 is 11.9 Å². The van der Waals surface area contributed by atoms with Crippen LogP contribution < -0.4 is 0 Å². The predicted octanol–water partition coefficient (Wildman–Crippen LogP) is -0.136. The fourth-order valence-electron chi connectivity index (χ4n) is 0.685. The molecule has 0 saturated heterocycles. The van der Waals surface area contributed by atoms with Gasteiger partial charge in [-0.3, -0.25) is 9.59 Å². The van der Waals surface area contributed by atoms with Crippen molar-refractivity contribution in [1.82, 2.24) is 0 Å². The monoisotopic (exact) mass is 190 g/mol. The Balaban J connectivity index is 3.55. The van der Waals surface area contributed by atoms with E-state index in [-0.39, 0.29) is 19.6 Å². The van der Waals surface area contributed by atoms with Crippen LogP contribution in [0.25, 0.3) is 0 Å². The van der Waals surface area contributed by atoms with Gasteiger partial charge < -0.3 is 14.6 Å². The van der Waals surface area contributed by atoms with Crippen LogP contribution in [-0.2, 0) is 19.1 Å². The summed E-state index contributed by atoms with van der Waals surface area (Å²) in [6.45, 7) is 3.01. The first kappa shape index (κ1) is 11.9. The van der Waals surface area contributed by atoms with E-state index in [1.807, 2.05) is 0 Å². The SMILES string of the molecule is CCOC(=O)CC(O)COC(C)=O. The van der Waals surface area contributed by atoms with Crippen molar-refractivity contribution in [3.05, 3.63) is 0 Å². The summed E-state index contributed by atoms with van der Waals surface area (Å²) in [6, 6.07) is 0. The predicted molar refractivity (Wildman–Crippen MR) is 43.9 cm³/mol. The summed E-state index contributed by atoms with van der Waals surface area (Å²) in [5.41, 5.74) is 0. The van der Waals surface area contributed by atoms with E-state index >= 15 is 0 Å². The van der Waals surface area contributed by atoms with Crippen molar-refractivity contribution in [3.63, 3.8) is 0 Å². The minimum atomic E-state index is -0.983. The van der Waals surface area contributed by atoms with E-state index in [9.17, 15) is 9.59 Å². The highest BCUT2D eigenvalue weighted by Gasteiger charge is 2.12. The van der Waals surface area contributed by atoms with Gasteiger partial charge in [0.1, 0.15) is 6.61 Å². The first-order valence-corrected chi connectivity index (χ1v) is 4.03. The molecule has 0 aromatic carbocycles. The Morgan fingerprint density at radius 3 is 2.46 bits per heavy atom. The van der Waals surface area contributed by atoms with Crippen molar-refractivity contribution in [2.24, 2.45) is 0 Å². The van der Waals surface area contributed by atoms with Crippen LogP contribution in [0, 0.1) is 0 Å². The molecule has 0 aliphatic rings. The average molecular weight is 190 g/mol. The number of aliphatic hydroxyl groups excluding tert-OH is 1. The third kappa shape index (κ3) is 7.27. The Bertz CT molecular complexity index is 177. The maximum absolute atomic E-state index is 10.8. The molecule has 0 amide bonds. The average Bonchev–Trinajstić information content (AvgIpc) is 2.01. The van der Waals surface area contributed by atoms with Gasteiger partial charge >= 0.3 is 11.9 Å². The van der Waals surface area contributed by atoms with Crippen LogP contribution in [0.3, 0.4) is 0 Å². The zero-order valence-electron chi connectivity index (χ0n) is 7.78. The summed E-state index contributed by atoms with van der Waals surface area (Å²) < 4.78 is 9.07. The number of hydrogen-bond donors (Lipinski definition) is 1. The Hall–Kier alpha value is -1.10. The van der Waals surface area contributed by atoms with Crippen molar-refractivity contribution in [1.29, 1.82) is 0 Å². The lowest BCUT2D eigenvalue weighted by Crippen LogP contribution is -2.22. The standard InChI is InChI=1S/C8H14O5/c1-3-12-8(11)4-7(10)5-13-6(2)9/h7,10H,3-5H2,1-2H3. The molecule has 0 bridgehead atoms. The second-order valence-electron chi connectivity index (χ2n) is 2.47. The van der Waals surface area contributed by atoms with Gasteiger partial charge in [-0.25, -0.2) is 0 Å². The zero-order chi connectivity index (χ0) is 10.3. The van der Waals surface area contributed by atoms with E-state index in [1.165, 1.54) is 6.92 Å². The number of carbonyl (C=O) groups is 2. The molecule has 0 saturated carbocycles. The summed E-state index contributed by atoms with van der Waals surface area (Å²) in [4.78, 5) is 21.1. The molecule has 1 N–H and O–H groups in total. The molecule has 0 aromatic rings. The lowest BCUT2D eigenvalue weighted by atomic mass is 10.3. The Labute approximate surface area is 76.6 Å². The van der Waals surface area contributed by atoms with E-state index < -0.39 is 18.0 Å². The molecular formula is C8H14O5. The minimum Gasteiger partial charge on any atom is -0.466 e. The Morgan fingerprint density at radius 1 is 1.38 bits per heavy atom. The highest BCUT2D eigenvalue weighted by atomic mass is 16.5. The smallest absolute Gasteiger partial charge is 0.308 e. The molecule has 0 radical (unpaired) electrons. The van der Waals surface area contributed by atoms with Gasteiger partial charge in [-0.15, -0.1) is 0 Å². The Morgan fingerprint density at radius 2 is 2.00 bits per heavy atom. The highest BCUT2D eigenvalue weighted by molar-refractivity contribution is 5.70. The molecule has 5 nitrogen and oxygen atoms in total. The van der Waals surface area contributed by atoms with Crippen molar-refractivity contribution in [3.8, 4) is 0 Å². The fourth-order valence-corrected chi connectivity index (χ4v) is 0.685. The van der Waals surface area contributed by atoms with Gasteiger partial charge in [0.15, 0.2) is 0 Å². The molecule has 0 aromatic heterocycles. The lowest BCUT2D eigenvalue weighted by molar-refractivity contribution is -0.151. The molecule has 5 heteroatoms. The summed E-state index contributed by atoms with van der Waals surface area (Å²) in [5, 5.41) is 9.12. The molecule has 0 aliphatic carbocycles. The normalized spacial score (nSPS) is 11.9. The minimum absolute atomic E-state index is 0.152. The molecule has 1 unspecified atom stereocenters. The lowest BCUT2D eigenvalue weighted by Gasteiger charge is -2.09. The van der Waals surface area contributed by atoms with E-state index in [1.54, 1.807) is 6.92 Å². The molecule has 0 spiro atoms. The fraction of sp³-hybridized carbons (Fsp3) is 0.750. The van der Waals surface area contributed by atoms with Gasteiger partial charge in [0.25, 0.3) is 0 Å². The van der Waals surface area contributed by atoms with Gasteiger partial charge in [-0.2, -0.15) is 0 Å². The highest BCUT2D eigenvalue weighted by Crippen LogP contribution is 1.95. The third-order valence-corrected chi connectivity index (χ3v) is 1.19. The number of aliphatic hydroxyl groups is 1. The molecule has 0 heterocycles. The molecule has 0 rings (SSSR count). The van der Waals surface area contributed by atoms with E-state index in [0.717, 1.165) is 0 Å². The van der Waals surface area contributed by atoms with Crippen LogP contribution in [-0.4, -0.2) is 36.4 Å². The Kier molecular flexibility index (Phi) is 5.88. The summed E-state index contributed by atoms with van der Waals surface area (Å²) in [6.07, 6.45) is -1.14. The number of ether oxygens (including phenoxy) is 2. The molecular weight excluding hydrogens is 176 g/mol. The number of esters is 2. The van der Waals surface area contributed by atoms with Crippen LogP contribution in [0.1, 0.15) is 20.3 Å². The summed E-state index contributed by atoms with van der Waals surface area (Å²) >= 11 is 0. The van der Waals surface area contributed by atoms with E-state index in [4.69, 9.17) is 5.11 Å². The van der Waals surface area contributed by atoms with Crippen LogP contribution in [0.5, 0.6) is 0 Å². The second-order valence-corrected chi connectivity index (χ2v) is 2.47.